The summed E-state index contributed by atoms with van der Waals surface area (Å²) in [6.45, 7) is 6.31. The lowest BCUT2D eigenvalue weighted by Crippen LogP contribution is -1.99. The van der Waals surface area contributed by atoms with E-state index in [1.54, 1.807) is 0 Å². The Balaban J connectivity index is 0. The molecule has 0 saturated carbocycles. The van der Waals surface area contributed by atoms with Crippen LogP contribution in [0.2, 0.25) is 0 Å². The Morgan fingerprint density at radius 3 is 2.08 bits per heavy atom. The van der Waals surface area contributed by atoms with Gasteiger partial charge in [0.2, 0.25) is 0 Å². The van der Waals surface area contributed by atoms with Crippen molar-refractivity contribution in [1.82, 2.24) is 0 Å². The average Bonchev–Trinajstić information content (AvgIpc) is 2.05. The minimum atomic E-state index is -0.182. The highest BCUT2D eigenvalue weighted by Crippen LogP contribution is 1.86. The molecule has 0 aromatic carbocycles. The number of carbonyl (C=O) groups is 1. The number of carbonyl (C=O) groups excluding carboxylic acids is 1. The van der Waals surface area contributed by atoms with Gasteiger partial charge in [-0.15, -0.1) is 0 Å². The van der Waals surface area contributed by atoms with Crippen molar-refractivity contribution < 1.29 is 14.6 Å². The van der Waals surface area contributed by atoms with Crippen molar-refractivity contribution in [3.63, 3.8) is 0 Å². The van der Waals surface area contributed by atoms with Crippen LogP contribution in [0, 0.1) is 0 Å². The molecule has 0 atom stereocenters. The maximum Gasteiger partial charge on any atom is 0.302 e. The predicted molar refractivity (Wildman–Crippen MR) is 48.9 cm³/mol. The third kappa shape index (κ3) is 22.7. The lowest BCUT2D eigenvalue weighted by atomic mass is 10.4. The minimum Gasteiger partial charge on any atom is -0.466 e. The molecule has 0 bridgehead atoms. The molecule has 0 fully saturated rings. The molecule has 0 unspecified atom stereocenters. The number of hydrogen-bond donors (Lipinski definition) is 1. The topological polar surface area (TPSA) is 46.5 Å². The molecule has 3 nitrogen and oxygen atoms in total. The highest BCUT2D eigenvalue weighted by Gasteiger charge is 1.88. The van der Waals surface area contributed by atoms with Crippen molar-refractivity contribution in [3.05, 3.63) is 0 Å². The Labute approximate surface area is 74.7 Å². The smallest absolute Gasteiger partial charge is 0.302 e. The Bertz CT molecular complexity index is 89.8. The number of unbranched alkanes of at least 4 members (excludes halogenated alkanes) is 1. The van der Waals surface area contributed by atoms with E-state index in [1.165, 1.54) is 6.92 Å². The normalized spacial score (nSPS) is 8.33. The van der Waals surface area contributed by atoms with Gasteiger partial charge >= 0.3 is 5.97 Å². The summed E-state index contributed by atoms with van der Waals surface area (Å²) in [7, 11) is 0. The van der Waals surface area contributed by atoms with Crippen molar-refractivity contribution in [2.24, 2.45) is 0 Å². The Morgan fingerprint density at radius 1 is 1.33 bits per heavy atom. The van der Waals surface area contributed by atoms with Crippen LogP contribution in [0.1, 0.15) is 40.0 Å². The number of ether oxygens (including phenoxy) is 1. The van der Waals surface area contributed by atoms with Crippen LogP contribution in [-0.2, 0) is 9.53 Å². The second kappa shape index (κ2) is 13.1. The number of aliphatic hydroxyl groups excluding tert-OH is 1. The van der Waals surface area contributed by atoms with Gasteiger partial charge < -0.3 is 9.84 Å². The minimum absolute atomic E-state index is 0.182. The van der Waals surface area contributed by atoms with E-state index in [9.17, 15) is 4.79 Å². The molecule has 0 aliphatic heterocycles. The maximum absolute atomic E-state index is 10.1. The molecule has 0 aromatic rings. The second-order valence-electron chi connectivity index (χ2n) is 2.42. The van der Waals surface area contributed by atoms with Gasteiger partial charge in [-0.25, -0.2) is 0 Å². The van der Waals surface area contributed by atoms with E-state index in [4.69, 9.17) is 5.11 Å². The van der Waals surface area contributed by atoms with E-state index in [1.807, 2.05) is 6.92 Å². The second-order valence-corrected chi connectivity index (χ2v) is 2.42. The van der Waals surface area contributed by atoms with Gasteiger partial charge in [-0.3, -0.25) is 4.79 Å². The first-order chi connectivity index (χ1) is 5.68. The van der Waals surface area contributed by atoms with Crippen molar-refractivity contribution in [1.29, 1.82) is 0 Å². The molecule has 0 saturated heterocycles. The standard InChI is InChI=1S/C6H12O2.C3H8O/c1-3-4-5-8-6(2)7;1-2-3-4/h3-5H2,1-2H3;4H,2-3H2,1H3. The highest BCUT2D eigenvalue weighted by atomic mass is 16.5. The first-order valence-electron chi connectivity index (χ1n) is 4.43. The number of rotatable bonds is 4. The zero-order chi connectivity index (χ0) is 9.82. The molecule has 74 valence electrons. The molecule has 0 amide bonds. The van der Waals surface area contributed by atoms with Gasteiger partial charge in [0, 0.05) is 13.5 Å². The van der Waals surface area contributed by atoms with Gasteiger partial charge in [-0.05, 0) is 12.8 Å². The molecule has 0 aliphatic rings. The molecule has 0 aliphatic carbocycles. The summed E-state index contributed by atoms with van der Waals surface area (Å²) >= 11 is 0. The van der Waals surface area contributed by atoms with Gasteiger partial charge in [0.25, 0.3) is 0 Å². The summed E-state index contributed by atoms with van der Waals surface area (Å²) in [5.41, 5.74) is 0. The zero-order valence-electron chi connectivity index (χ0n) is 8.30. The van der Waals surface area contributed by atoms with Crippen LogP contribution >= 0.6 is 0 Å². The number of hydrogen-bond acceptors (Lipinski definition) is 3. The van der Waals surface area contributed by atoms with Crippen LogP contribution < -0.4 is 0 Å². The molecular formula is C9H20O3. The monoisotopic (exact) mass is 176 g/mol. The zero-order valence-corrected chi connectivity index (χ0v) is 8.30. The lowest BCUT2D eigenvalue weighted by Gasteiger charge is -1.96. The van der Waals surface area contributed by atoms with E-state index in [0.717, 1.165) is 19.3 Å². The quantitative estimate of drug-likeness (QED) is 0.524. The summed E-state index contributed by atoms with van der Waals surface area (Å²) in [6.07, 6.45) is 2.92. The van der Waals surface area contributed by atoms with Crippen LogP contribution in [0.5, 0.6) is 0 Å². The first kappa shape index (κ1) is 14.0. The fraction of sp³-hybridized carbons (Fsp3) is 0.889. The maximum atomic E-state index is 10.1. The molecule has 3 heteroatoms. The van der Waals surface area contributed by atoms with E-state index in [-0.39, 0.29) is 5.97 Å². The first-order valence-corrected chi connectivity index (χ1v) is 4.43. The van der Waals surface area contributed by atoms with Crippen LogP contribution in [0.3, 0.4) is 0 Å². The molecule has 0 rings (SSSR count). The highest BCUT2D eigenvalue weighted by molar-refractivity contribution is 5.65. The van der Waals surface area contributed by atoms with Gasteiger partial charge in [0.15, 0.2) is 0 Å². The molecule has 0 heterocycles. The summed E-state index contributed by atoms with van der Waals surface area (Å²) in [6, 6.07) is 0. The molecule has 1 N–H and O–H groups in total. The summed E-state index contributed by atoms with van der Waals surface area (Å²) in [5.74, 6) is -0.182. The van der Waals surface area contributed by atoms with E-state index in [0.29, 0.717) is 13.2 Å². The van der Waals surface area contributed by atoms with Gasteiger partial charge in [0.1, 0.15) is 0 Å². The Morgan fingerprint density at radius 2 is 1.83 bits per heavy atom. The molecule has 0 spiro atoms. The summed E-state index contributed by atoms with van der Waals surface area (Å²) in [5, 5.41) is 7.88. The average molecular weight is 176 g/mol. The van der Waals surface area contributed by atoms with Gasteiger partial charge in [0.05, 0.1) is 6.61 Å². The van der Waals surface area contributed by atoms with Crippen molar-refractivity contribution in [2.75, 3.05) is 13.2 Å². The Kier molecular flexibility index (Phi) is 15.2. The molecule has 0 aromatic heterocycles. The van der Waals surface area contributed by atoms with Crippen LogP contribution in [-0.4, -0.2) is 24.3 Å². The van der Waals surface area contributed by atoms with Gasteiger partial charge in [-0.1, -0.05) is 20.3 Å². The molecular weight excluding hydrogens is 156 g/mol. The lowest BCUT2D eigenvalue weighted by molar-refractivity contribution is -0.141. The van der Waals surface area contributed by atoms with E-state index in [2.05, 4.69) is 11.7 Å². The SMILES string of the molecule is CCCCOC(C)=O.CCCO. The van der Waals surface area contributed by atoms with Crippen molar-refractivity contribution >= 4 is 5.97 Å². The van der Waals surface area contributed by atoms with Crippen LogP contribution in [0.15, 0.2) is 0 Å². The Hall–Kier alpha value is -0.570. The van der Waals surface area contributed by atoms with Crippen LogP contribution in [0.4, 0.5) is 0 Å². The number of esters is 1. The largest absolute Gasteiger partial charge is 0.466 e. The fourth-order valence-electron chi connectivity index (χ4n) is 0.360. The third-order valence-corrected chi connectivity index (χ3v) is 1.03. The summed E-state index contributed by atoms with van der Waals surface area (Å²) in [4.78, 5) is 10.1. The van der Waals surface area contributed by atoms with E-state index >= 15 is 0 Å². The molecule has 12 heavy (non-hydrogen) atoms. The number of aliphatic hydroxyl groups is 1. The van der Waals surface area contributed by atoms with Gasteiger partial charge in [-0.2, -0.15) is 0 Å². The fourth-order valence-corrected chi connectivity index (χ4v) is 0.360. The van der Waals surface area contributed by atoms with Crippen molar-refractivity contribution in [3.8, 4) is 0 Å². The van der Waals surface area contributed by atoms with E-state index < -0.39 is 0 Å². The molecule has 0 radical (unpaired) electrons. The van der Waals surface area contributed by atoms with Crippen molar-refractivity contribution in [2.45, 2.75) is 40.0 Å². The summed E-state index contributed by atoms with van der Waals surface area (Å²) < 4.78 is 4.64. The van der Waals surface area contributed by atoms with Crippen LogP contribution in [0.25, 0.3) is 0 Å². The third-order valence-electron chi connectivity index (χ3n) is 1.03. The predicted octanol–water partition coefficient (Wildman–Crippen LogP) is 1.74.